The molecule has 2 saturated carbocycles. The van der Waals surface area contributed by atoms with Crippen LogP contribution >= 0.6 is 0 Å². The number of hydrogen-bond acceptors (Lipinski definition) is 9. The van der Waals surface area contributed by atoms with E-state index < -0.39 is 86.2 Å². The van der Waals surface area contributed by atoms with Gasteiger partial charge in [-0.15, -0.1) is 0 Å². The molecular weight excluding hydrogens is 685 g/mol. The van der Waals surface area contributed by atoms with Gasteiger partial charge in [-0.05, 0) is 70.9 Å². The first kappa shape index (κ1) is 36.6. The van der Waals surface area contributed by atoms with Crippen LogP contribution < -0.4 is 15.4 Å². The molecule has 6 rings (SSSR count). The van der Waals surface area contributed by atoms with Gasteiger partial charge in [0.15, 0.2) is 0 Å². The zero-order chi connectivity index (χ0) is 36.7. The molecule has 0 spiro atoms. The molecule has 3 heterocycles. The van der Waals surface area contributed by atoms with Gasteiger partial charge in [0, 0.05) is 24.4 Å². The van der Waals surface area contributed by atoms with Gasteiger partial charge in [0.1, 0.15) is 35.1 Å². The summed E-state index contributed by atoms with van der Waals surface area (Å²) in [5, 5.41) is 4.79. The number of halogens is 1. The summed E-state index contributed by atoms with van der Waals surface area (Å²) in [5.74, 6) is -3.06. The van der Waals surface area contributed by atoms with E-state index in [2.05, 4.69) is 15.4 Å². The van der Waals surface area contributed by atoms with Crippen molar-refractivity contribution in [2.75, 3.05) is 6.54 Å². The number of ether oxygens (including phenoxy) is 2. The Kier molecular flexibility index (Phi) is 10.1. The van der Waals surface area contributed by atoms with Crippen molar-refractivity contribution in [1.82, 2.24) is 25.2 Å². The highest BCUT2D eigenvalue weighted by Gasteiger charge is 2.62. The fraction of sp³-hybridized carbons (Fsp3) is 0.629. The number of nitrogens with zero attached hydrogens (tertiary/aromatic N) is 2. The maximum Gasteiger partial charge on any atom is 0.410 e. The quantitative estimate of drug-likeness (QED) is 0.384. The van der Waals surface area contributed by atoms with Crippen LogP contribution in [0.15, 0.2) is 30.4 Å². The molecule has 3 N–H and O–H groups in total. The van der Waals surface area contributed by atoms with Gasteiger partial charge in [-0.3, -0.25) is 24.0 Å². The summed E-state index contributed by atoms with van der Waals surface area (Å²) in [6.45, 7) is 5.01. The van der Waals surface area contributed by atoms with E-state index in [9.17, 15) is 36.8 Å². The molecule has 5 amide bonds. The fourth-order valence-corrected chi connectivity index (χ4v) is 8.39. The number of sulfonamides is 1. The zero-order valence-corrected chi connectivity index (χ0v) is 29.9. The largest absolute Gasteiger partial charge is 0.444 e. The van der Waals surface area contributed by atoms with Crippen molar-refractivity contribution >= 4 is 39.9 Å². The topological polar surface area (TPSA) is 181 Å². The van der Waals surface area contributed by atoms with Gasteiger partial charge >= 0.3 is 12.2 Å². The summed E-state index contributed by atoms with van der Waals surface area (Å²) >= 11 is 0. The van der Waals surface area contributed by atoms with Crippen molar-refractivity contribution in [3.05, 3.63) is 47.3 Å². The first-order chi connectivity index (χ1) is 24.1. The molecule has 0 aromatic heterocycles. The molecule has 0 bridgehead atoms. The predicted molar refractivity (Wildman–Crippen MR) is 180 cm³/mol. The van der Waals surface area contributed by atoms with Gasteiger partial charge in [0.05, 0.1) is 18.3 Å². The number of allylic oxidation sites excluding steroid dienone is 1. The predicted octanol–water partition coefficient (Wildman–Crippen LogP) is 3.14. The number of nitrogens with one attached hydrogen (secondary N) is 3. The van der Waals surface area contributed by atoms with E-state index in [-0.39, 0.29) is 38.9 Å². The Hall–Kier alpha value is -4.21. The summed E-state index contributed by atoms with van der Waals surface area (Å²) in [7, 11) is -3.92. The van der Waals surface area contributed by atoms with Crippen LogP contribution in [0.3, 0.4) is 0 Å². The summed E-state index contributed by atoms with van der Waals surface area (Å²) in [6, 6.07) is 2.30. The first-order valence-electron chi connectivity index (χ1n) is 17.6. The minimum absolute atomic E-state index is 0.00168. The van der Waals surface area contributed by atoms with E-state index in [1.165, 1.54) is 15.9 Å². The smallest absolute Gasteiger partial charge is 0.410 e. The van der Waals surface area contributed by atoms with E-state index in [1.807, 2.05) is 12.2 Å². The molecule has 1 saturated heterocycles. The van der Waals surface area contributed by atoms with Crippen LogP contribution in [0, 0.1) is 11.7 Å². The van der Waals surface area contributed by atoms with E-state index in [0.29, 0.717) is 36.8 Å². The molecule has 5 aliphatic rings. The van der Waals surface area contributed by atoms with Crippen molar-refractivity contribution < 1.29 is 46.3 Å². The van der Waals surface area contributed by atoms with Crippen LogP contribution in [-0.4, -0.2) is 89.2 Å². The van der Waals surface area contributed by atoms with Crippen LogP contribution in [0.1, 0.15) is 89.7 Å². The molecule has 5 atom stereocenters. The number of alkyl carbamates (subject to hydrolysis) is 1. The van der Waals surface area contributed by atoms with Crippen molar-refractivity contribution in [1.29, 1.82) is 0 Å². The van der Waals surface area contributed by atoms with E-state index in [4.69, 9.17) is 9.47 Å². The highest BCUT2D eigenvalue weighted by atomic mass is 32.2. The highest BCUT2D eigenvalue weighted by molar-refractivity contribution is 7.91. The number of rotatable bonds is 5. The van der Waals surface area contributed by atoms with Gasteiger partial charge < -0.3 is 25.0 Å². The SMILES string of the molecule is CC(C)(C)OC(=O)N[C@@H]1CCCCC/C=C/[C@@H]2C[C@]2(C(=O)NS(=O)(=O)C2CC2)NC(=O)[C@H]2C[C@@H](OC(=O)N3Cc4cccc(F)c4C3)CN2C1=O. The van der Waals surface area contributed by atoms with E-state index in [0.717, 1.165) is 12.8 Å². The van der Waals surface area contributed by atoms with Crippen molar-refractivity contribution in [3.8, 4) is 0 Å². The minimum atomic E-state index is -3.92. The Bertz CT molecular complexity index is 1730. The number of carbonyl (C=O) groups is 5. The average molecular weight is 732 g/mol. The van der Waals surface area contributed by atoms with Crippen LogP contribution in [-0.2, 0) is 47.0 Å². The second-order valence-electron chi connectivity index (χ2n) is 15.2. The molecule has 3 aliphatic heterocycles. The summed E-state index contributed by atoms with van der Waals surface area (Å²) in [5.41, 5.74) is -1.36. The molecule has 0 radical (unpaired) electrons. The molecule has 1 aromatic carbocycles. The molecule has 16 heteroatoms. The fourth-order valence-electron chi connectivity index (χ4n) is 7.02. The van der Waals surface area contributed by atoms with Gasteiger partial charge in [0.25, 0.3) is 5.91 Å². The zero-order valence-electron chi connectivity index (χ0n) is 29.1. The lowest BCUT2D eigenvalue weighted by atomic mass is 10.0. The van der Waals surface area contributed by atoms with E-state index in [1.54, 1.807) is 32.9 Å². The molecule has 2 aliphatic carbocycles. The summed E-state index contributed by atoms with van der Waals surface area (Å²) < 4.78 is 53.3. The Morgan fingerprint density at radius 3 is 2.53 bits per heavy atom. The molecule has 0 unspecified atom stereocenters. The lowest BCUT2D eigenvalue weighted by molar-refractivity contribution is -0.141. The van der Waals surface area contributed by atoms with Crippen molar-refractivity contribution in [2.24, 2.45) is 5.92 Å². The van der Waals surface area contributed by atoms with Crippen molar-refractivity contribution in [2.45, 2.75) is 126 Å². The summed E-state index contributed by atoms with van der Waals surface area (Å²) in [4.78, 5) is 70.8. The Morgan fingerprint density at radius 2 is 1.82 bits per heavy atom. The molecule has 3 fully saturated rings. The standard InChI is InChI=1S/C35H46FN5O9S/c1-34(2,3)50-32(45)37-27-13-8-6-4-5-7-11-22-17-35(22,31(44)39-51(47,48)24-14-15-24)38-29(42)28-16-23(19-41(28)30(27)43)49-33(46)40-18-21-10-9-12-26(36)25(21)20-40/h7,9-12,22-24,27-28H,4-6,8,13-20H2,1-3H3,(H,37,45)(H,38,42)(H,39,44)/b11-7+/t22-,23-,27-,28-,35+/m1/s1. The second kappa shape index (κ2) is 14.1. The third-order valence-corrected chi connectivity index (χ3v) is 11.8. The van der Waals surface area contributed by atoms with Crippen LogP contribution in [0.25, 0.3) is 0 Å². The van der Waals surface area contributed by atoms with Crippen LogP contribution in [0.4, 0.5) is 14.0 Å². The van der Waals surface area contributed by atoms with Crippen LogP contribution in [0.2, 0.25) is 0 Å². The normalized spacial score (nSPS) is 28.9. The number of hydrogen-bond donors (Lipinski definition) is 3. The lowest BCUT2D eigenvalue weighted by Crippen LogP contribution is -2.58. The Balaban J connectivity index is 1.25. The second-order valence-corrected chi connectivity index (χ2v) is 17.2. The van der Waals surface area contributed by atoms with Gasteiger partial charge in [-0.1, -0.05) is 37.1 Å². The third-order valence-electron chi connectivity index (χ3n) is 9.99. The minimum Gasteiger partial charge on any atom is -0.444 e. The highest BCUT2D eigenvalue weighted by Crippen LogP contribution is 2.46. The van der Waals surface area contributed by atoms with Gasteiger partial charge in [-0.25, -0.2) is 22.4 Å². The maximum absolute atomic E-state index is 14.4. The summed E-state index contributed by atoms with van der Waals surface area (Å²) in [6.07, 6.45) is 5.10. The van der Waals surface area contributed by atoms with Gasteiger partial charge in [-0.2, -0.15) is 0 Å². The van der Waals surface area contributed by atoms with Crippen LogP contribution in [0.5, 0.6) is 0 Å². The first-order valence-corrected chi connectivity index (χ1v) is 19.2. The molecular formula is C35H46FN5O9S. The lowest BCUT2D eigenvalue weighted by Gasteiger charge is -2.30. The number of amides is 5. The number of benzene rings is 1. The molecule has 278 valence electrons. The molecule has 51 heavy (non-hydrogen) atoms. The Labute approximate surface area is 296 Å². The van der Waals surface area contributed by atoms with E-state index >= 15 is 0 Å². The van der Waals surface area contributed by atoms with Crippen molar-refractivity contribution in [3.63, 3.8) is 0 Å². The number of carbonyl (C=O) groups excluding carboxylic acids is 5. The maximum atomic E-state index is 14.4. The molecule has 14 nitrogen and oxygen atoms in total. The monoisotopic (exact) mass is 731 g/mol. The number of fused-ring (bicyclic) bond motifs is 3. The van der Waals surface area contributed by atoms with Gasteiger partial charge in [0.2, 0.25) is 21.8 Å². The Morgan fingerprint density at radius 1 is 1.06 bits per heavy atom. The molecule has 1 aromatic rings. The third kappa shape index (κ3) is 8.31. The average Bonchev–Trinajstić information content (AvgIpc) is 3.93.